The van der Waals surface area contributed by atoms with E-state index in [0.29, 0.717) is 13.0 Å². The van der Waals surface area contributed by atoms with Crippen LogP contribution in [0.5, 0.6) is 5.75 Å². The lowest BCUT2D eigenvalue weighted by Crippen LogP contribution is -2.29. The first-order valence-corrected chi connectivity index (χ1v) is 5.44. The average molecular weight is 252 g/mol. The zero-order chi connectivity index (χ0) is 13.3. The Bertz CT molecular complexity index is 502. The van der Waals surface area contributed by atoms with Crippen LogP contribution in [0.15, 0.2) is 18.2 Å². The van der Waals surface area contributed by atoms with Crippen LogP contribution in [0.1, 0.15) is 16.8 Å². The molecule has 1 fully saturated rings. The van der Waals surface area contributed by atoms with Gasteiger partial charge in [-0.3, -0.25) is 14.9 Å². The van der Waals surface area contributed by atoms with Gasteiger partial charge in [-0.2, -0.15) is 0 Å². The number of aliphatic hydroxyl groups is 1. The fourth-order valence-electron chi connectivity index (χ4n) is 1.91. The molecular formula is C11H12N2O5. The van der Waals surface area contributed by atoms with Gasteiger partial charge in [0, 0.05) is 19.2 Å². The number of hydrogen-bond donors (Lipinski definition) is 2. The number of amides is 1. The van der Waals surface area contributed by atoms with Crippen LogP contribution in [-0.2, 0) is 0 Å². The number of benzene rings is 1. The summed E-state index contributed by atoms with van der Waals surface area (Å²) in [7, 11) is 0. The Morgan fingerprint density at radius 2 is 2.22 bits per heavy atom. The Labute approximate surface area is 102 Å². The van der Waals surface area contributed by atoms with Crippen molar-refractivity contribution < 1.29 is 19.9 Å². The molecule has 1 aromatic carbocycles. The molecule has 0 saturated carbocycles. The summed E-state index contributed by atoms with van der Waals surface area (Å²) in [5.74, 6) is -0.852. The van der Waals surface area contributed by atoms with Crippen LogP contribution in [0.25, 0.3) is 0 Å². The summed E-state index contributed by atoms with van der Waals surface area (Å²) in [6, 6.07) is 3.33. The zero-order valence-electron chi connectivity index (χ0n) is 9.44. The van der Waals surface area contributed by atoms with Crippen molar-refractivity contribution >= 4 is 11.6 Å². The molecule has 0 spiro atoms. The van der Waals surface area contributed by atoms with Crippen molar-refractivity contribution in [3.05, 3.63) is 33.9 Å². The monoisotopic (exact) mass is 252 g/mol. The maximum absolute atomic E-state index is 12.0. The van der Waals surface area contributed by atoms with Crippen molar-refractivity contribution in [2.45, 2.75) is 12.5 Å². The Morgan fingerprint density at radius 1 is 1.50 bits per heavy atom. The Kier molecular flexibility index (Phi) is 3.15. The van der Waals surface area contributed by atoms with Crippen molar-refractivity contribution in [2.75, 3.05) is 13.1 Å². The molecule has 7 heteroatoms. The number of nitro benzene ring substituents is 1. The fourth-order valence-corrected chi connectivity index (χ4v) is 1.91. The Morgan fingerprint density at radius 3 is 2.72 bits per heavy atom. The van der Waals surface area contributed by atoms with Crippen molar-refractivity contribution in [3.63, 3.8) is 0 Å². The molecule has 2 rings (SSSR count). The number of hydrogen-bond acceptors (Lipinski definition) is 5. The molecule has 0 bridgehead atoms. The van der Waals surface area contributed by atoms with E-state index in [1.165, 1.54) is 17.0 Å². The molecule has 1 heterocycles. The third-order valence-electron chi connectivity index (χ3n) is 2.87. The van der Waals surface area contributed by atoms with Gasteiger partial charge < -0.3 is 15.1 Å². The topological polar surface area (TPSA) is 104 Å². The lowest BCUT2D eigenvalue weighted by atomic mass is 10.1. The standard InChI is InChI=1S/C11H12N2O5/c14-8-3-4-12(6-8)11(16)9-2-1-7(13(17)18)5-10(9)15/h1-2,5,8,14-15H,3-4,6H2/t8-/m0/s1. The summed E-state index contributed by atoms with van der Waals surface area (Å²) < 4.78 is 0. The highest BCUT2D eigenvalue weighted by Crippen LogP contribution is 2.25. The number of likely N-dealkylation sites (tertiary alicyclic amines) is 1. The van der Waals surface area contributed by atoms with Crippen LogP contribution in [-0.4, -0.2) is 45.1 Å². The van der Waals surface area contributed by atoms with Crippen LogP contribution in [0.2, 0.25) is 0 Å². The molecule has 0 radical (unpaired) electrons. The van der Waals surface area contributed by atoms with Gasteiger partial charge in [-0.1, -0.05) is 0 Å². The Balaban J connectivity index is 2.23. The van der Waals surface area contributed by atoms with E-state index < -0.39 is 22.7 Å². The number of aliphatic hydroxyl groups excluding tert-OH is 1. The van der Waals surface area contributed by atoms with Crippen molar-refractivity contribution in [1.82, 2.24) is 4.90 Å². The van der Waals surface area contributed by atoms with E-state index >= 15 is 0 Å². The smallest absolute Gasteiger partial charge is 0.273 e. The van der Waals surface area contributed by atoms with Crippen LogP contribution < -0.4 is 0 Å². The van der Waals surface area contributed by atoms with Gasteiger partial charge in [0.2, 0.25) is 0 Å². The molecule has 1 aromatic rings. The first-order chi connectivity index (χ1) is 8.49. The predicted octanol–water partition coefficient (Wildman–Crippen LogP) is 0.507. The number of rotatable bonds is 2. The third kappa shape index (κ3) is 2.25. The second kappa shape index (κ2) is 4.61. The largest absolute Gasteiger partial charge is 0.507 e. The van der Waals surface area contributed by atoms with E-state index in [2.05, 4.69) is 0 Å². The first-order valence-electron chi connectivity index (χ1n) is 5.44. The van der Waals surface area contributed by atoms with Crippen LogP contribution in [0.4, 0.5) is 5.69 Å². The molecule has 1 aliphatic rings. The Hall–Kier alpha value is -2.15. The second-order valence-corrected chi connectivity index (χ2v) is 4.15. The molecule has 18 heavy (non-hydrogen) atoms. The number of nitro groups is 1. The predicted molar refractivity (Wildman–Crippen MR) is 61.3 cm³/mol. The van der Waals surface area contributed by atoms with E-state index in [1.54, 1.807) is 0 Å². The highest BCUT2D eigenvalue weighted by atomic mass is 16.6. The number of aromatic hydroxyl groups is 1. The van der Waals surface area contributed by atoms with E-state index in [-0.39, 0.29) is 17.8 Å². The molecule has 1 amide bonds. The van der Waals surface area contributed by atoms with Crippen LogP contribution in [0, 0.1) is 10.1 Å². The fraction of sp³-hybridized carbons (Fsp3) is 0.364. The summed E-state index contributed by atoms with van der Waals surface area (Å²) in [5, 5.41) is 29.5. The van der Waals surface area contributed by atoms with E-state index in [0.717, 1.165) is 6.07 Å². The minimum Gasteiger partial charge on any atom is -0.507 e. The second-order valence-electron chi connectivity index (χ2n) is 4.15. The lowest BCUT2D eigenvalue weighted by molar-refractivity contribution is -0.384. The van der Waals surface area contributed by atoms with Gasteiger partial charge >= 0.3 is 0 Å². The van der Waals surface area contributed by atoms with Gasteiger partial charge in [0.15, 0.2) is 0 Å². The molecule has 0 unspecified atom stereocenters. The lowest BCUT2D eigenvalue weighted by Gasteiger charge is -2.15. The third-order valence-corrected chi connectivity index (χ3v) is 2.87. The average Bonchev–Trinajstić information content (AvgIpc) is 2.74. The summed E-state index contributed by atoms with van der Waals surface area (Å²) in [5.41, 5.74) is -0.264. The molecular weight excluding hydrogens is 240 g/mol. The summed E-state index contributed by atoms with van der Waals surface area (Å²) in [6.07, 6.45) is -0.0476. The maximum Gasteiger partial charge on any atom is 0.273 e. The molecule has 0 aromatic heterocycles. The summed E-state index contributed by atoms with van der Waals surface area (Å²) >= 11 is 0. The summed E-state index contributed by atoms with van der Waals surface area (Å²) in [4.78, 5) is 23.2. The number of phenols is 1. The number of phenolic OH excluding ortho intramolecular Hbond substituents is 1. The molecule has 7 nitrogen and oxygen atoms in total. The number of non-ortho nitro benzene ring substituents is 1. The minimum absolute atomic E-state index is 0.00898. The molecule has 2 N–H and O–H groups in total. The van der Waals surface area contributed by atoms with Gasteiger partial charge in [0.25, 0.3) is 11.6 Å². The highest BCUT2D eigenvalue weighted by molar-refractivity contribution is 5.97. The normalized spacial score (nSPS) is 18.9. The number of nitrogens with zero attached hydrogens (tertiary/aromatic N) is 2. The SMILES string of the molecule is O=C(c1ccc([N+](=O)[O-])cc1O)N1CC[C@H](O)C1. The van der Waals surface area contributed by atoms with E-state index in [4.69, 9.17) is 0 Å². The quantitative estimate of drug-likeness (QED) is 0.589. The van der Waals surface area contributed by atoms with Crippen molar-refractivity contribution in [3.8, 4) is 5.75 Å². The van der Waals surface area contributed by atoms with Gasteiger partial charge in [-0.05, 0) is 12.5 Å². The van der Waals surface area contributed by atoms with Gasteiger partial charge in [0.1, 0.15) is 5.75 Å². The van der Waals surface area contributed by atoms with E-state index in [9.17, 15) is 25.1 Å². The first kappa shape index (κ1) is 12.3. The van der Waals surface area contributed by atoms with Crippen LogP contribution >= 0.6 is 0 Å². The number of carbonyl (C=O) groups is 1. The number of carbonyl (C=O) groups excluding carboxylic acids is 1. The maximum atomic E-state index is 12.0. The summed E-state index contributed by atoms with van der Waals surface area (Å²) in [6.45, 7) is 0.631. The van der Waals surface area contributed by atoms with Crippen LogP contribution in [0.3, 0.4) is 0 Å². The highest BCUT2D eigenvalue weighted by Gasteiger charge is 2.27. The molecule has 1 saturated heterocycles. The minimum atomic E-state index is -0.645. The van der Waals surface area contributed by atoms with Gasteiger partial charge in [-0.25, -0.2) is 0 Å². The number of β-amino-alcohol motifs (C(OH)–C–C–N with tert-alkyl or cyclic N) is 1. The molecule has 1 aliphatic heterocycles. The molecule has 0 aliphatic carbocycles. The van der Waals surface area contributed by atoms with Crippen molar-refractivity contribution in [1.29, 1.82) is 0 Å². The van der Waals surface area contributed by atoms with Gasteiger partial charge in [0.05, 0.1) is 22.7 Å². The van der Waals surface area contributed by atoms with Gasteiger partial charge in [-0.15, -0.1) is 0 Å². The van der Waals surface area contributed by atoms with Crippen molar-refractivity contribution in [2.24, 2.45) is 0 Å². The molecule has 1 atom stereocenters. The van der Waals surface area contributed by atoms with E-state index in [1.807, 2.05) is 0 Å². The zero-order valence-corrected chi connectivity index (χ0v) is 9.44. The molecule has 96 valence electrons.